The Hall–Kier alpha value is -16.0. The highest BCUT2D eigenvalue weighted by atomic mass is 79.9. The van der Waals surface area contributed by atoms with Crippen LogP contribution in [0.15, 0.2) is 135 Å². The highest BCUT2D eigenvalue weighted by Gasteiger charge is 2.78. The van der Waals surface area contributed by atoms with Crippen LogP contribution in [-0.4, -0.2) is 535 Å². The number of urea groups is 16. The molecule has 24 aliphatic rings. The SMILES string of the molecule is O=C1N2CN3C(=O)N4CN5C(=O)N6CN7C(=O)N8CN9C(=O)N%10CN%11C(=O)N%12CN%13C(=O)N%14CN%15C(=O)N%16CN1C1C2N2CN%17C(=O)N(CN%18C(=O)N(CN%19C(=O)N(CN%20C(=O)N(CN%21C(=O)N(CN%22C(=O)N(CN%23C(=O)N(CN1C2=O)C%16C%15%23)C%14C%13%22)C%12C%11%21)C%10C9%20)C8C7%19)C6C5%18)C4C3%17.[Br-].[Br-].c1cc(-c2cc[n+](CCOCCOCCOc3ccc4cc(OCCOCCOCC[n+]5ccc(-c6ccncc6)cc5)ccc4c3)cc2)ccn1. The van der Waals surface area contributed by atoms with Gasteiger partial charge in [0.25, 0.3) is 0 Å². The van der Waals surface area contributed by atoms with Crippen LogP contribution in [0, 0.1) is 0 Å². The molecule has 6 aromatic rings. The molecule has 2 aromatic carbocycles. The molecular formula is C90H94Br2N36O22. The van der Waals surface area contributed by atoms with E-state index in [9.17, 15) is 0 Å². The highest BCUT2D eigenvalue weighted by molar-refractivity contribution is 5.97. The first-order chi connectivity index (χ1) is 72.1. The fraction of sp³-hybridized carbons (Fsp3) is 0.489. The van der Waals surface area contributed by atoms with E-state index in [0.29, 0.717) is 66.1 Å². The Morgan fingerprint density at radius 3 is 0.507 bits per heavy atom. The third-order valence-corrected chi connectivity index (χ3v) is 33.4. The molecule has 24 aliphatic heterocycles. The summed E-state index contributed by atoms with van der Waals surface area (Å²) in [5, 5.41) is 2.17. The molecule has 0 radical (unpaired) electrons. The van der Waals surface area contributed by atoms with E-state index in [1.807, 2.05) is 60.7 Å². The number of hydrogen-bond acceptors (Lipinski definition) is 24. The first-order valence-corrected chi connectivity index (χ1v) is 49.2. The van der Waals surface area contributed by atoms with Crippen LogP contribution in [0.1, 0.15) is 0 Å². The zero-order valence-corrected chi connectivity index (χ0v) is 82.7. The maximum absolute atomic E-state index is 15.5. The van der Waals surface area contributed by atoms with Gasteiger partial charge in [0.1, 0.15) is 145 Å². The number of amides is 32. The minimum Gasteiger partial charge on any atom is -1.00 e. The van der Waals surface area contributed by atoms with Crippen molar-refractivity contribution in [1.29, 1.82) is 0 Å². The molecule has 0 N–H and O–H groups in total. The number of ether oxygens (including phenoxy) is 6. The maximum Gasteiger partial charge on any atom is 0.326 e. The van der Waals surface area contributed by atoms with Crippen molar-refractivity contribution >= 4 is 107 Å². The van der Waals surface area contributed by atoms with Gasteiger partial charge in [-0.15, -0.1) is 0 Å². The molecule has 58 nitrogen and oxygen atoms in total. The molecule has 150 heavy (non-hydrogen) atoms. The van der Waals surface area contributed by atoms with Crippen LogP contribution in [0.3, 0.4) is 0 Å². The van der Waals surface area contributed by atoms with Gasteiger partial charge in [0.05, 0.1) is 39.6 Å². The topological polar surface area (TPSA) is 466 Å². The molecular weight excluding hydrogens is 2100 g/mol. The van der Waals surface area contributed by atoms with E-state index in [-0.39, 0.29) is 34.0 Å². The van der Waals surface area contributed by atoms with Crippen LogP contribution >= 0.6 is 0 Å². The Balaban J connectivity index is 0.000000171. The zero-order chi connectivity index (χ0) is 99.7. The van der Waals surface area contributed by atoms with Gasteiger partial charge in [0, 0.05) is 49.1 Å². The van der Waals surface area contributed by atoms with E-state index in [1.165, 1.54) is 168 Å². The zero-order valence-electron chi connectivity index (χ0n) is 79.6. The van der Waals surface area contributed by atoms with Crippen LogP contribution in [-0.2, 0) is 32.0 Å². The number of rotatable bonds is 22. The number of carbonyl (C=O) groups excluding carboxylic acids is 16. The quantitative estimate of drug-likeness (QED) is 0.0450. The molecule has 60 heteroatoms. The van der Waals surface area contributed by atoms with Gasteiger partial charge in [-0.2, -0.15) is 0 Å². The first-order valence-electron chi connectivity index (χ1n) is 49.2. The van der Waals surface area contributed by atoms with Crippen molar-refractivity contribution in [3.05, 3.63) is 135 Å². The summed E-state index contributed by atoms with van der Waals surface area (Å²) in [6, 6.07) is 16.6. The summed E-state index contributed by atoms with van der Waals surface area (Å²) in [4.78, 5) is 297. The molecule has 0 bridgehead atoms. The molecule has 0 spiro atoms. The second-order valence-corrected chi connectivity index (χ2v) is 40.4. The lowest BCUT2D eigenvalue weighted by Crippen LogP contribution is -3.00. The van der Waals surface area contributed by atoms with Crippen LogP contribution in [0.5, 0.6) is 11.5 Å². The summed E-state index contributed by atoms with van der Waals surface area (Å²) in [6.07, 6.45) is -4.94. The average Bonchev–Trinajstić information content (AvgIpc) is 1.51. The van der Waals surface area contributed by atoms with E-state index in [1.54, 1.807) is 24.8 Å². The van der Waals surface area contributed by atoms with Gasteiger partial charge in [-0.05, 0) is 81.6 Å². The summed E-state index contributed by atoms with van der Waals surface area (Å²) >= 11 is 0. The summed E-state index contributed by atoms with van der Waals surface area (Å²) in [5.41, 5.74) is 4.65. The Morgan fingerprint density at radius 2 is 0.340 bits per heavy atom. The van der Waals surface area contributed by atoms with Crippen LogP contribution in [0.4, 0.5) is 76.7 Å². The predicted molar refractivity (Wildman–Crippen MR) is 482 cm³/mol. The average molecular weight is 2190 g/mol. The Kier molecular flexibility index (Phi) is 20.3. The molecule has 24 saturated heterocycles. The number of hydrogen-bond donors (Lipinski definition) is 0. The monoisotopic (exact) mass is 2190 g/mol. The first kappa shape index (κ1) is 91.5. The van der Waals surface area contributed by atoms with Crippen LogP contribution in [0.2, 0.25) is 0 Å². The van der Waals surface area contributed by atoms with Crippen LogP contribution < -0.4 is 52.6 Å². The number of halogens is 2. The van der Waals surface area contributed by atoms with Crippen molar-refractivity contribution in [2.75, 3.05) is 173 Å². The van der Waals surface area contributed by atoms with Gasteiger partial charge < -0.3 is 62.4 Å². The van der Waals surface area contributed by atoms with Crippen molar-refractivity contribution in [3.8, 4) is 33.8 Å². The highest BCUT2D eigenvalue weighted by Crippen LogP contribution is 2.54. The summed E-state index contributed by atoms with van der Waals surface area (Å²) in [5.74, 6) is 1.61. The molecule has 28 heterocycles. The number of benzene rings is 2. The van der Waals surface area contributed by atoms with E-state index in [4.69, 9.17) is 28.4 Å². The molecule has 4 aromatic heterocycles. The smallest absolute Gasteiger partial charge is 0.326 e. The number of fused-ring (bicyclic) bond motifs is 1. The summed E-state index contributed by atoms with van der Waals surface area (Å²) in [6.45, 7) is -2.00. The Labute approximate surface area is 870 Å². The molecule has 0 aliphatic carbocycles. The Bertz CT molecular complexity index is 5480. The fourth-order valence-corrected chi connectivity index (χ4v) is 26.8. The van der Waals surface area contributed by atoms with Gasteiger partial charge in [-0.3, -0.25) is 167 Å². The lowest BCUT2D eigenvalue weighted by molar-refractivity contribution is -0.698. The maximum atomic E-state index is 15.5. The van der Waals surface area contributed by atoms with Gasteiger partial charge in [-0.25, -0.2) is 85.8 Å². The number of carbonyl (C=O) groups is 16. The van der Waals surface area contributed by atoms with Crippen molar-refractivity contribution in [1.82, 2.24) is 167 Å². The van der Waals surface area contributed by atoms with Crippen molar-refractivity contribution in [3.63, 3.8) is 0 Å². The molecule has 24 fully saturated rings. The number of nitrogens with zero attached hydrogens (tertiary/aromatic N) is 36. The van der Waals surface area contributed by atoms with E-state index in [0.717, 1.165) is 46.5 Å². The summed E-state index contributed by atoms with van der Waals surface area (Å²) < 4.78 is 38.9. The normalized spacial score (nSPS) is 29.7. The molecule has 32 amide bonds. The van der Waals surface area contributed by atoms with E-state index >= 15 is 76.7 Å². The van der Waals surface area contributed by atoms with E-state index < -0.39 is 302 Å². The van der Waals surface area contributed by atoms with Gasteiger partial charge in [-0.1, -0.05) is 12.1 Å². The lowest BCUT2D eigenvalue weighted by atomic mass is 10.1. The number of pyridine rings is 4. The molecule has 30 rings (SSSR count). The lowest BCUT2D eigenvalue weighted by Gasteiger charge is -2.42. The minimum absolute atomic E-state index is 0. The van der Waals surface area contributed by atoms with Gasteiger partial charge in [0.2, 0.25) is 0 Å². The van der Waals surface area contributed by atoms with E-state index in [2.05, 4.69) is 68.2 Å². The molecule has 0 unspecified atom stereocenters. The Morgan fingerprint density at radius 1 is 0.193 bits per heavy atom. The second kappa shape index (κ2) is 33.3. The fourth-order valence-electron chi connectivity index (χ4n) is 26.8. The largest absolute Gasteiger partial charge is 1.00 e. The third-order valence-electron chi connectivity index (χ3n) is 33.4. The van der Waals surface area contributed by atoms with Gasteiger partial charge in [0.15, 0.2) is 137 Å². The standard InChI is InChI=1S/C48H48N32O16.C42H46N4O6.2BrH/c81-33-49-1-50-18-20-54(34(50)82)4-58-22-24-62(38(58)86)8-66-26-28-70(42(66)90)12-74-30-32-78(46(74)94)15-77-31-29-73(45(77)93)11-69-27-25-65(41(69)89)7-61-23-21-57(37(61)85)3-53(33)19-17(49)51-2-52(18)36(84)56(20)6-60(22)40(88)64(24)10-68(26)44(92)72(28)14-76(30)48(96)80(32)16-79(31)47(95)75(29)13-71(27)43(91)67(25)9-63(23)39(87)59(21)5-55(19)35(51)83;1-3-41(51-31-29-49-27-25-47-23-21-45-17-9-37(10-18-45)35-5-13-43-14-6-35)34-40-2-4-42(33-39(1)40)52-32-30-50-28-26-48-24-22-46-19-11-38(12-20-46)36-7-15-44-16-8-36;;/h17-32H,1-16H2;1-20,33-34H,21-32H2;2*1H/q;+2;;/p-2. The molecule has 780 valence electrons. The van der Waals surface area contributed by atoms with Crippen molar-refractivity contribution < 1.29 is 148 Å². The van der Waals surface area contributed by atoms with Crippen molar-refractivity contribution in [2.24, 2.45) is 0 Å². The summed E-state index contributed by atoms with van der Waals surface area (Å²) in [7, 11) is 0. The molecule has 0 atom stereocenters. The predicted octanol–water partition coefficient (Wildman–Crippen LogP) is -7.78. The number of aromatic nitrogens is 4. The second-order valence-electron chi connectivity index (χ2n) is 40.4. The van der Waals surface area contributed by atoms with Crippen LogP contribution in [0.25, 0.3) is 33.0 Å². The van der Waals surface area contributed by atoms with Crippen molar-refractivity contribution in [2.45, 2.75) is 112 Å². The van der Waals surface area contributed by atoms with Gasteiger partial charge >= 0.3 is 96.5 Å². The minimum atomic E-state index is -1.28. The third kappa shape index (κ3) is 12.5. The molecule has 0 saturated carbocycles.